The molecule has 1 saturated heterocycles. The monoisotopic (exact) mass is 433 g/mol. The molecule has 2 aromatic rings. The smallest absolute Gasteiger partial charge is 0.235 e. The second-order valence-electron chi connectivity index (χ2n) is 7.22. The summed E-state index contributed by atoms with van der Waals surface area (Å²) in [6.07, 6.45) is 0. The number of anilines is 1. The summed E-state index contributed by atoms with van der Waals surface area (Å²) in [5.41, 5.74) is 8.01. The molecule has 29 heavy (non-hydrogen) atoms. The fraction of sp³-hybridized carbons (Fsp3) is 0.364. The van der Waals surface area contributed by atoms with Crippen LogP contribution in [0.25, 0.3) is 0 Å². The molecule has 0 saturated carbocycles. The van der Waals surface area contributed by atoms with E-state index < -0.39 is 0 Å². The number of nitrogens with two attached hydrogens (primary N) is 1. The third-order valence-corrected chi connectivity index (χ3v) is 6.22. The number of nitrogens with one attached hydrogen (secondary N) is 1. The van der Waals surface area contributed by atoms with Gasteiger partial charge in [-0.3, -0.25) is 9.59 Å². The zero-order chi connectivity index (χ0) is 20.1. The number of carbonyl (C=O) groups is 2. The first kappa shape index (κ1) is 23.3. The number of nitrogens with zero attached hydrogens (tertiary/aromatic N) is 1. The minimum Gasteiger partial charge on any atom is -0.341 e. The molecule has 0 spiro atoms. The van der Waals surface area contributed by atoms with E-state index in [0.717, 1.165) is 17.1 Å². The van der Waals surface area contributed by atoms with Crippen molar-refractivity contribution in [2.45, 2.75) is 29.9 Å². The number of carbonyl (C=O) groups excluding carboxylic acids is 2. The molecule has 0 aromatic heterocycles. The predicted octanol–water partition coefficient (Wildman–Crippen LogP) is 3.75. The Bertz CT molecular complexity index is 817. The average molecular weight is 434 g/mol. The van der Waals surface area contributed by atoms with Crippen molar-refractivity contribution in [3.63, 3.8) is 0 Å². The Balaban J connectivity index is 0.00000300. The number of hydrogen-bond donors (Lipinski definition) is 2. The molecule has 3 atom stereocenters. The van der Waals surface area contributed by atoms with E-state index in [0.29, 0.717) is 24.9 Å². The third kappa shape index (κ3) is 5.98. The van der Waals surface area contributed by atoms with Crippen LogP contribution in [0, 0.1) is 5.92 Å². The molecule has 7 heteroatoms. The lowest BCUT2D eigenvalue weighted by Crippen LogP contribution is -2.35. The molecule has 1 heterocycles. The standard InChI is InChI=1S/C22H27N3O2S.ClH/c1-15(28-20-10-8-19(9-11-20)24-16(2)26)22(27)25-13-18(12-23)21(14-25)17-6-4-3-5-7-17;/h3-11,15,18,21H,12-14,23H2,1-2H3,(H,24,26);1H/t15?,18-,21+;/m1./s1. The number of thioether (sulfide) groups is 1. The van der Waals surface area contributed by atoms with Crippen LogP contribution in [0.4, 0.5) is 5.69 Å². The molecular weight excluding hydrogens is 406 g/mol. The van der Waals surface area contributed by atoms with Crippen LogP contribution in [0.15, 0.2) is 59.5 Å². The maximum Gasteiger partial charge on any atom is 0.235 e. The highest BCUT2D eigenvalue weighted by Gasteiger charge is 2.36. The first-order valence-corrected chi connectivity index (χ1v) is 10.4. The fourth-order valence-corrected chi connectivity index (χ4v) is 4.65. The molecule has 5 nitrogen and oxygen atoms in total. The van der Waals surface area contributed by atoms with E-state index in [4.69, 9.17) is 5.73 Å². The predicted molar refractivity (Wildman–Crippen MR) is 122 cm³/mol. The van der Waals surface area contributed by atoms with Gasteiger partial charge in [-0.15, -0.1) is 24.2 Å². The molecule has 3 N–H and O–H groups in total. The summed E-state index contributed by atoms with van der Waals surface area (Å²) < 4.78 is 0. The zero-order valence-electron chi connectivity index (χ0n) is 16.7. The Labute approximate surface area is 182 Å². The van der Waals surface area contributed by atoms with Gasteiger partial charge in [0.25, 0.3) is 0 Å². The van der Waals surface area contributed by atoms with Crippen LogP contribution in [-0.2, 0) is 9.59 Å². The minimum absolute atomic E-state index is 0. The van der Waals surface area contributed by atoms with Gasteiger partial charge in [-0.25, -0.2) is 0 Å². The number of amides is 2. The summed E-state index contributed by atoms with van der Waals surface area (Å²) in [6, 6.07) is 17.9. The van der Waals surface area contributed by atoms with E-state index in [1.807, 2.05) is 54.3 Å². The summed E-state index contributed by atoms with van der Waals surface area (Å²) in [6.45, 7) is 5.44. The molecular formula is C22H28ClN3O2S. The van der Waals surface area contributed by atoms with Gasteiger partial charge in [-0.05, 0) is 49.2 Å². The fourth-order valence-electron chi connectivity index (χ4n) is 3.70. The maximum atomic E-state index is 13.0. The Morgan fingerprint density at radius 1 is 1.14 bits per heavy atom. The van der Waals surface area contributed by atoms with E-state index in [1.54, 1.807) is 0 Å². The van der Waals surface area contributed by atoms with E-state index in [1.165, 1.54) is 24.2 Å². The van der Waals surface area contributed by atoms with Gasteiger partial charge < -0.3 is 16.0 Å². The lowest BCUT2D eigenvalue weighted by atomic mass is 9.89. The Kier molecular flexibility index (Phi) is 8.56. The van der Waals surface area contributed by atoms with Crippen LogP contribution in [-0.4, -0.2) is 41.6 Å². The zero-order valence-corrected chi connectivity index (χ0v) is 18.3. The molecule has 1 fully saturated rings. The second kappa shape index (κ2) is 10.7. The van der Waals surface area contributed by atoms with Gasteiger partial charge in [0.1, 0.15) is 0 Å². The molecule has 1 aliphatic heterocycles. The van der Waals surface area contributed by atoms with Crippen molar-refractivity contribution >= 4 is 41.7 Å². The largest absolute Gasteiger partial charge is 0.341 e. The Morgan fingerprint density at radius 3 is 2.38 bits per heavy atom. The molecule has 0 radical (unpaired) electrons. The summed E-state index contributed by atoms with van der Waals surface area (Å²) in [5.74, 6) is 0.637. The van der Waals surface area contributed by atoms with Crippen molar-refractivity contribution in [1.29, 1.82) is 0 Å². The minimum atomic E-state index is -0.181. The quantitative estimate of drug-likeness (QED) is 0.680. The maximum absolute atomic E-state index is 13.0. The van der Waals surface area contributed by atoms with Gasteiger partial charge >= 0.3 is 0 Å². The summed E-state index contributed by atoms with van der Waals surface area (Å²) in [4.78, 5) is 27.1. The van der Waals surface area contributed by atoms with Crippen molar-refractivity contribution in [3.05, 3.63) is 60.2 Å². The summed E-state index contributed by atoms with van der Waals surface area (Å²) in [5, 5.41) is 2.57. The van der Waals surface area contributed by atoms with Crippen molar-refractivity contribution in [1.82, 2.24) is 4.90 Å². The van der Waals surface area contributed by atoms with E-state index in [9.17, 15) is 9.59 Å². The van der Waals surface area contributed by atoms with Crippen LogP contribution >= 0.6 is 24.2 Å². The number of benzene rings is 2. The highest BCUT2D eigenvalue weighted by Crippen LogP contribution is 2.34. The van der Waals surface area contributed by atoms with Crippen LogP contribution in [0.2, 0.25) is 0 Å². The van der Waals surface area contributed by atoms with Gasteiger partial charge in [-0.1, -0.05) is 30.3 Å². The molecule has 1 aliphatic rings. The van der Waals surface area contributed by atoms with Gasteiger partial charge in [-0.2, -0.15) is 0 Å². The van der Waals surface area contributed by atoms with E-state index >= 15 is 0 Å². The number of hydrogen-bond acceptors (Lipinski definition) is 4. The first-order chi connectivity index (χ1) is 13.5. The van der Waals surface area contributed by atoms with E-state index in [-0.39, 0.29) is 29.5 Å². The lowest BCUT2D eigenvalue weighted by Gasteiger charge is -2.21. The van der Waals surface area contributed by atoms with Crippen LogP contribution in [0.1, 0.15) is 25.3 Å². The van der Waals surface area contributed by atoms with Gasteiger partial charge in [0.2, 0.25) is 11.8 Å². The van der Waals surface area contributed by atoms with Crippen molar-refractivity contribution in [3.8, 4) is 0 Å². The lowest BCUT2D eigenvalue weighted by molar-refractivity contribution is -0.129. The van der Waals surface area contributed by atoms with Gasteiger partial charge in [0.15, 0.2) is 0 Å². The summed E-state index contributed by atoms with van der Waals surface area (Å²) in [7, 11) is 0. The summed E-state index contributed by atoms with van der Waals surface area (Å²) >= 11 is 1.54. The van der Waals surface area contributed by atoms with Gasteiger partial charge in [0.05, 0.1) is 5.25 Å². The second-order valence-corrected chi connectivity index (χ2v) is 8.64. The molecule has 2 aromatic carbocycles. The molecule has 156 valence electrons. The SMILES string of the molecule is CC(=O)Nc1ccc(SC(C)C(=O)N2C[C@@H](CN)[C@H](c3ccccc3)C2)cc1.Cl. The molecule has 0 bridgehead atoms. The van der Waals surface area contributed by atoms with Crippen LogP contribution in [0.5, 0.6) is 0 Å². The normalized spacial score (nSPS) is 19.3. The highest BCUT2D eigenvalue weighted by molar-refractivity contribution is 8.00. The number of rotatable bonds is 6. The van der Waals surface area contributed by atoms with Crippen molar-refractivity contribution in [2.24, 2.45) is 11.7 Å². The Morgan fingerprint density at radius 2 is 1.79 bits per heavy atom. The highest BCUT2D eigenvalue weighted by atomic mass is 35.5. The average Bonchev–Trinajstić information content (AvgIpc) is 3.13. The number of likely N-dealkylation sites (tertiary alicyclic amines) is 1. The van der Waals surface area contributed by atoms with Crippen LogP contribution in [0.3, 0.4) is 0 Å². The molecule has 0 aliphatic carbocycles. The molecule has 3 rings (SSSR count). The van der Waals surface area contributed by atoms with Crippen molar-refractivity contribution in [2.75, 3.05) is 25.0 Å². The third-order valence-electron chi connectivity index (χ3n) is 5.12. The molecule has 1 unspecified atom stereocenters. The van der Waals surface area contributed by atoms with Crippen molar-refractivity contribution < 1.29 is 9.59 Å². The Hall–Kier alpha value is -2.02. The first-order valence-electron chi connectivity index (χ1n) is 9.56. The molecule has 2 amide bonds. The van der Waals surface area contributed by atoms with Gasteiger partial charge in [0, 0.05) is 36.5 Å². The van der Waals surface area contributed by atoms with Crippen LogP contribution < -0.4 is 11.1 Å². The topological polar surface area (TPSA) is 75.4 Å². The van der Waals surface area contributed by atoms with E-state index in [2.05, 4.69) is 17.4 Å². The number of halogens is 1.